The van der Waals surface area contributed by atoms with Gasteiger partial charge in [-0.05, 0) is 37.0 Å². The highest BCUT2D eigenvalue weighted by Gasteiger charge is 2.31. The smallest absolute Gasteiger partial charge is 0.343 e. The van der Waals surface area contributed by atoms with Crippen molar-refractivity contribution in [2.45, 2.75) is 25.7 Å². The summed E-state index contributed by atoms with van der Waals surface area (Å²) in [5.41, 5.74) is 3.28. The Balaban J connectivity index is 1.85. The van der Waals surface area contributed by atoms with Crippen LogP contribution in [-0.2, 0) is 11.2 Å². The highest BCUT2D eigenvalue weighted by atomic mass is 19.1. The van der Waals surface area contributed by atoms with Crippen molar-refractivity contribution in [3.8, 4) is 0 Å². The number of Topliss-reactive ketones (excluding diaryl/α,β-unsaturated/α-hetero) is 1. The number of ketones is 1. The number of rotatable bonds is 2. The van der Waals surface area contributed by atoms with Gasteiger partial charge in [0.2, 0.25) is 0 Å². The van der Waals surface area contributed by atoms with Crippen LogP contribution in [0.5, 0.6) is 0 Å². The Morgan fingerprint density at radius 3 is 2.69 bits per heavy atom. The fourth-order valence-electron chi connectivity index (χ4n) is 3.52. The molecule has 2 heterocycles. The van der Waals surface area contributed by atoms with Gasteiger partial charge in [0, 0.05) is 12.6 Å². The Morgan fingerprint density at radius 2 is 2.00 bits per heavy atom. The van der Waals surface area contributed by atoms with E-state index < -0.39 is 5.97 Å². The van der Waals surface area contributed by atoms with Crippen LogP contribution in [0.4, 0.5) is 4.39 Å². The van der Waals surface area contributed by atoms with Crippen molar-refractivity contribution in [3.05, 3.63) is 64.4 Å². The molecule has 1 aliphatic carbocycles. The molecule has 1 aromatic carbocycles. The maximum Gasteiger partial charge on any atom is 0.343 e. The van der Waals surface area contributed by atoms with E-state index in [1.165, 1.54) is 25.4 Å². The van der Waals surface area contributed by atoms with E-state index in [0.29, 0.717) is 41.0 Å². The van der Waals surface area contributed by atoms with Gasteiger partial charge in [-0.3, -0.25) is 4.79 Å². The molecule has 132 valence electrons. The number of benzene rings is 1. The minimum absolute atomic E-state index is 0.0391. The van der Waals surface area contributed by atoms with E-state index in [0.717, 1.165) is 5.56 Å². The zero-order valence-electron chi connectivity index (χ0n) is 14.3. The molecule has 4 rings (SSSR count). The Kier molecular flexibility index (Phi) is 3.79. The van der Waals surface area contributed by atoms with Gasteiger partial charge in [0.15, 0.2) is 11.4 Å². The zero-order chi connectivity index (χ0) is 18.4. The quantitative estimate of drug-likeness (QED) is 0.663. The molecule has 26 heavy (non-hydrogen) atoms. The van der Waals surface area contributed by atoms with E-state index in [9.17, 15) is 14.0 Å². The number of esters is 1. The minimum Gasteiger partial charge on any atom is -0.465 e. The predicted octanol–water partition coefficient (Wildman–Crippen LogP) is 2.88. The molecule has 0 bridgehead atoms. The fraction of sp³-hybridized carbons (Fsp3) is 0.263. The monoisotopic (exact) mass is 353 g/mol. The molecule has 0 saturated carbocycles. The number of nitrogens with zero attached hydrogens (tertiary/aromatic N) is 3. The van der Waals surface area contributed by atoms with Gasteiger partial charge in [-0.25, -0.2) is 18.7 Å². The minimum atomic E-state index is -0.512. The lowest BCUT2D eigenvalue weighted by molar-refractivity contribution is 0.0601. The summed E-state index contributed by atoms with van der Waals surface area (Å²) in [4.78, 5) is 28.9. The lowest BCUT2D eigenvalue weighted by Gasteiger charge is -2.24. The second kappa shape index (κ2) is 6.01. The maximum atomic E-state index is 13.2. The summed E-state index contributed by atoms with van der Waals surface area (Å²) in [6.45, 7) is 1.70. The third kappa shape index (κ3) is 2.47. The molecule has 0 fully saturated rings. The molecule has 7 heteroatoms. The third-order valence-electron chi connectivity index (χ3n) is 4.82. The normalized spacial score (nSPS) is 16.6. The second-order valence-electron chi connectivity index (χ2n) is 6.39. The SMILES string of the molecule is COC(=O)c1c(C)nn2c3c(cnc12)C(=O)CC(c1ccc(F)cc1)C3. The van der Waals surface area contributed by atoms with Crippen molar-refractivity contribution in [1.82, 2.24) is 14.6 Å². The van der Waals surface area contributed by atoms with Gasteiger partial charge in [-0.1, -0.05) is 12.1 Å². The van der Waals surface area contributed by atoms with E-state index in [2.05, 4.69) is 10.1 Å². The van der Waals surface area contributed by atoms with Gasteiger partial charge in [-0.2, -0.15) is 5.10 Å². The summed E-state index contributed by atoms with van der Waals surface area (Å²) >= 11 is 0. The molecule has 0 radical (unpaired) electrons. The van der Waals surface area contributed by atoms with Crippen LogP contribution in [0.25, 0.3) is 5.65 Å². The van der Waals surface area contributed by atoms with E-state index >= 15 is 0 Å². The van der Waals surface area contributed by atoms with Gasteiger partial charge in [0.1, 0.15) is 11.4 Å². The van der Waals surface area contributed by atoms with Crippen molar-refractivity contribution in [2.75, 3.05) is 7.11 Å². The summed E-state index contributed by atoms with van der Waals surface area (Å²) in [5.74, 6) is -0.939. The van der Waals surface area contributed by atoms with E-state index in [1.54, 1.807) is 23.6 Å². The lowest BCUT2D eigenvalue weighted by atomic mass is 9.82. The summed E-state index contributed by atoms with van der Waals surface area (Å²) in [7, 11) is 1.30. The molecule has 6 nitrogen and oxygen atoms in total. The first-order valence-electron chi connectivity index (χ1n) is 8.23. The highest BCUT2D eigenvalue weighted by Crippen LogP contribution is 2.33. The number of halogens is 1. The Morgan fingerprint density at radius 1 is 1.27 bits per heavy atom. The topological polar surface area (TPSA) is 73.6 Å². The molecule has 0 spiro atoms. The average molecular weight is 353 g/mol. The number of carbonyl (C=O) groups excluding carboxylic acids is 2. The first-order chi connectivity index (χ1) is 12.5. The van der Waals surface area contributed by atoms with E-state index in [1.807, 2.05) is 0 Å². The van der Waals surface area contributed by atoms with Crippen molar-refractivity contribution in [3.63, 3.8) is 0 Å². The van der Waals surface area contributed by atoms with Crippen molar-refractivity contribution >= 4 is 17.4 Å². The van der Waals surface area contributed by atoms with Gasteiger partial charge >= 0.3 is 5.97 Å². The molecule has 0 saturated heterocycles. The van der Waals surface area contributed by atoms with Crippen LogP contribution < -0.4 is 0 Å². The number of hydrogen-bond acceptors (Lipinski definition) is 5. The number of carbonyl (C=O) groups is 2. The van der Waals surface area contributed by atoms with Crippen molar-refractivity contribution in [2.24, 2.45) is 0 Å². The standard InChI is InChI=1S/C19H16FN3O3/c1-10-17(19(25)26-2)18-21-9-14-15(23(18)22-10)7-12(8-16(14)24)11-3-5-13(20)6-4-11/h3-6,9,12H,7-8H2,1-2H3. The van der Waals surface area contributed by atoms with Gasteiger partial charge in [-0.15, -0.1) is 0 Å². The number of ether oxygens (including phenoxy) is 1. The summed E-state index contributed by atoms with van der Waals surface area (Å²) < 4.78 is 19.6. The number of fused-ring (bicyclic) bond motifs is 3. The molecule has 1 unspecified atom stereocenters. The molecule has 0 aliphatic heterocycles. The number of hydrogen-bond donors (Lipinski definition) is 0. The summed E-state index contributed by atoms with van der Waals surface area (Å²) in [5, 5.41) is 4.41. The Bertz CT molecular complexity index is 1040. The van der Waals surface area contributed by atoms with E-state index in [4.69, 9.17) is 4.74 Å². The van der Waals surface area contributed by atoms with Crippen LogP contribution in [0.15, 0.2) is 30.5 Å². The highest BCUT2D eigenvalue weighted by molar-refractivity contribution is 6.00. The van der Waals surface area contributed by atoms with Crippen LogP contribution in [0.3, 0.4) is 0 Å². The second-order valence-corrected chi connectivity index (χ2v) is 6.39. The molecular formula is C19H16FN3O3. The van der Waals surface area contributed by atoms with E-state index in [-0.39, 0.29) is 17.5 Å². The first-order valence-corrected chi connectivity index (χ1v) is 8.23. The molecular weight excluding hydrogens is 337 g/mol. The number of methoxy groups -OCH3 is 1. The lowest BCUT2D eigenvalue weighted by Crippen LogP contribution is -2.22. The van der Waals surface area contributed by atoms with Crippen LogP contribution >= 0.6 is 0 Å². The largest absolute Gasteiger partial charge is 0.465 e. The van der Waals surface area contributed by atoms with Gasteiger partial charge < -0.3 is 4.74 Å². The molecule has 1 atom stereocenters. The van der Waals surface area contributed by atoms with Gasteiger partial charge in [0.05, 0.1) is 24.1 Å². The molecule has 0 amide bonds. The summed E-state index contributed by atoms with van der Waals surface area (Å²) in [6.07, 6.45) is 2.38. The maximum absolute atomic E-state index is 13.2. The van der Waals surface area contributed by atoms with Crippen LogP contribution in [0, 0.1) is 12.7 Å². The molecule has 3 aromatic rings. The molecule has 2 aromatic heterocycles. The average Bonchev–Trinajstić information content (AvgIpc) is 2.98. The number of aromatic nitrogens is 3. The van der Waals surface area contributed by atoms with Crippen molar-refractivity contribution < 1.29 is 18.7 Å². The number of aryl methyl sites for hydroxylation is 1. The molecule has 1 aliphatic rings. The Labute approximate surface area is 148 Å². The predicted molar refractivity (Wildman–Crippen MR) is 90.9 cm³/mol. The zero-order valence-corrected chi connectivity index (χ0v) is 14.3. The van der Waals surface area contributed by atoms with Crippen LogP contribution in [0.2, 0.25) is 0 Å². The summed E-state index contributed by atoms with van der Waals surface area (Å²) in [6, 6.07) is 6.19. The van der Waals surface area contributed by atoms with Crippen LogP contribution in [-0.4, -0.2) is 33.5 Å². The fourth-order valence-corrected chi connectivity index (χ4v) is 3.52. The molecule has 0 N–H and O–H groups in total. The van der Waals surface area contributed by atoms with Gasteiger partial charge in [0.25, 0.3) is 0 Å². The van der Waals surface area contributed by atoms with Crippen LogP contribution in [0.1, 0.15) is 50.0 Å². The Hall–Kier alpha value is -3.09. The third-order valence-corrected chi connectivity index (χ3v) is 4.82. The van der Waals surface area contributed by atoms with Crippen molar-refractivity contribution in [1.29, 1.82) is 0 Å². The first kappa shape index (κ1) is 16.4.